The SMILES string of the molecule is Cc1nn(C)c(Cl)c1S(=O)(=O)NCC1(O)CCCCC1. The molecule has 0 saturated heterocycles. The van der Waals surface area contributed by atoms with Crippen molar-refractivity contribution in [3.8, 4) is 0 Å². The summed E-state index contributed by atoms with van der Waals surface area (Å²) in [6, 6.07) is 0. The van der Waals surface area contributed by atoms with Crippen molar-refractivity contribution < 1.29 is 13.5 Å². The lowest BCUT2D eigenvalue weighted by Gasteiger charge is -2.31. The standard InChI is InChI=1S/C12H20ClN3O3S/c1-9-10(11(13)16(2)15-9)20(18,19)14-8-12(17)6-4-3-5-7-12/h14,17H,3-8H2,1-2H3. The Hall–Kier alpha value is -0.630. The van der Waals surface area contributed by atoms with Gasteiger partial charge in [0.1, 0.15) is 10.0 Å². The molecule has 1 aliphatic rings. The second-order valence-corrected chi connectivity index (χ2v) is 7.50. The van der Waals surface area contributed by atoms with Crippen molar-refractivity contribution in [1.29, 1.82) is 0 Å². The highest BCUT2D eigenvalue weighted by atomic mass is 35.5. The normalized spacial score (nSPS) is 19.2. The number of aryl methyl sites for hydroxylation is 2. The maximum atomic E-state index is 12.3. The topological polar surface area (TPSA) is 84.2 Å². The molecule has 0 spiro atoms. The number of halogens is 1. The predicted octanol–water partition coefficient (Wildman–Crippen LogP) is 1.36. The van der Waals surface area contributed by atoms with E-state index >= 15 is 0 Å². The number of sulfonamides is 1. The van der Waals surface area contributed by atoms with E-state index in [0.29, 0.717) is 18.5 Å². The average Bonchev–Trinajstić information content (AvgIpc) is 2.63. The van der Waals surface area contributed by atoms with Crippen molar-refractivity contribution in [2.45, 2.75) is 49.5 Å². The monoisotopic (exact) mass is 321 g/mol. The molecule has 0 aromatic carbocycles. The van der Waals surface area contributed by atoms with Crippen LogP contribution in [0, 0.1) is 6.92 Å². The Morgan fingerprint density at radius 1 is 1.40 bits per heavy atom. The molecule has 2 rings (SSSR count). The number of hydrogen-bond acceptors (Lipinski definition) is 4. The predicted molar refractivity (Wildman–Crippen MR) is 76.2 cm³/mol. The van der Waals surface area contributed by atoms with Crippen LogP contribution in [0.2, 0.25) is 5.15 Å². The third-order valence-corrected chi connectivity index (χ3v) is 5.84. The van der Waals surface area contributed by atoms with Gasteiger partial charge in [0.2, 0.25) is 10.0 Å². The lowest BCUT2D eigenvalue weighted by Crippen LogP contribution is -2.44. The van der Waals surface area contributed by atoms with E-state index < -0.39 is 15.6 Å². The molecule has 1 aromatic rings. The van der Waals surface area contributed by atoms with Gasteiger partial charge in [-0.25, -0.2) is 13.1 Å². The molecule has 0 atom stereocenters. The highest BCUT2D eigenvalue weighted by Crippen LogP contribution is 2.29. The van der Waals surface area contributed by atoms with Crippen LogP contribution >= 0.6 is 11.6 Å². The molecule has 2 N–H and O–H groups in total. The summed E-state index contributed by atoms with van der Waals surface area (Å²) in [5.41, 5.74) is -0.603. The number of nitrogens with zero attached hydrogens (tertiary/aromatic N) is 2. The summed E-state index contributed by atoms with van der Waals surface area (Å²) in [4.78, 5) is -0.0129. The van der Waals surface area contributed by atoms with Gasteiger partial charge in [0.05, 0.1) is 11.3 Å². The quantitative estimate of drug-likeness (QED) is 0.877. The fourth-order valence-electron chi connectivity index (χ4n) is 2.60. The molecule has 8 heteroatoms. The van der Waals surface area contributed by atoms with Crippen LogP contribution in [-0.2, 0) is 17.1 Å². The van der Waals surface area contributed by atoms with Crippen molar-refractivity contribution in [3.63, 3.8) is 0 Å². The third kappa shape index (κ3) is 3.16. The first-order valence-corrected chi connectivity index (χ1v) is 8.52. The van der Waals surface area contributed by atoms with Crippen LogP contribution in [0.25, 0.3) is 0 Å². The number of aliphatic hydroxyl groups is 1. The average molecular weight is 322 g/mol. The van der Waals surface area contributed by atoms with Gasteiger partial charge in [-0.3, -0.25) is 4.68 Å². The first-order chi connectivity index (χ1) is 9.25. The van der Waals surface area contributed by atoms with Crippen molar-refractivity contribution in [2.24, 2.45) is 7.05 Å². The molecule has 0 aliphatic heterocycles. The lowest BCUT2D eigenvalue weighted by atomic mass is 9.85. The maximum Gasteiger partial charge on any atom is 0.245 e. The molecule has 1 heterocycles. The molecule has 0 bridgehead atoms. The van der Waals surface area contributed by atoms with Gasteiger partial charge in [-0.05, 0) is 19.8 Å². The van der Waals surface area contributed by atoms with Gasteiger partial charge in [0.25, 0.3) is 0 Å². The third-order valence-electron chi connectivity index (χ3n) is 3.74. The number of hydrogen-bond donors (Lipinski definition) is 2. The van der Waals surface area contributed by atoms with Gasteiger partial charge in [-0.15, -0.1) is 0 Å². The Morgan fingerprint density at radius 3 is 2.50 bits per heavy atom. The fourth-order valence-corrected chi connectivity index (χ4v) is 4.47. The lowest BCUT2D eigenvalue weighted by molar-refractivity contribution is 0.00945. The second-order valence-electron chi connectivity index (χ2n) is 5.44. The van der Waals surface area contributed by atoms with Gasteiger partial charge in [-0.2, -0.15) is 5.10 Å². The van der Waals surface area contributed by atoms with Crippen molar-refractivity contribution in [2.75, 3.05) is 6.54 Å². The van der Waals surface area contributed by atoms with Crippen molar-refractivity contribution in [3.05, 3.63) is 10.8 Å². The second kappa shape index (κ2) is 5.63. The Kier molecular flexibility index (Phi) is 4.44. The summed E-state index contributed by atoms with van der Waals surface area (Å²) in [6.07, 6.45) is 4.17. The van der Waals surface area contributed by atoms with E-state index in [-0.39, 0.29) is 16.6 Å². The largest absolute Gasteiger partial charge is 0.389 e. The molecular weight excluding hydrogens is 302 g/mol. The van der Waals surface area contributed by atoms with E-state index in [0.717, 1.165) is 19.3 Å². The Morgan fingerprint density at radius 2 is 2.00 bits per heavy atom. The summed E-state index contributed by atoms with van der Waals surface area (Å²) in [5, 5.41) is 14.4. The van der Waals surface area contributed by atoms with E-state index in [2.05, 4.69) is 9.82 Å². The number of aromatic nitrogens is 2. The van der Waals surface area contributed by atoms with Gasteiger partial charge >= 0.3 is 0 Å². The Bertz CT molecular complexity index is 591. The minimum atomic E-state index is -3.76. The van der Waals surface area contributed by atoms with E-state index in [1.54, 1.807) is 14.0 Å². The fraction of sp³-hybridized carbons (Fsp3) is 0.750. The van der Waals surface area contributed by atoms with Gasteiger partial charge in [-0.1, -0.05) is 30.9 Å². The van der Waals surface area contributed by atoms with Crippen LogP contribution in [0.15, 0.2) is 4.90 Å². The smallest absolute Gasteiger partial charge is 0.245 e. The van der Waals surface area contributed by atoms with Crippen LogP contribution < -0.4 is 4.72 Å². The summed E-state index contributed by atoms with van der Waals surface area (Å²) in [7, 11) is -2.18. The highest BCUT2D eigenvalue weighted by molar-refractivity contribution is 7.89. The molecule has 0 amide bonds. The van der Waals surface area contributed by atoms with E-state index in [1.807, 2.05) is 0 Å². The Labute approximate surface area is 124 Å². The zero-order chi connectivity index (χ0) is 15.0. The minimum absolute atomic E-state index is 0.0129. The summed E-state index contributed by atoms with van der Waals surface area (Å²) in [6.45, 7) is 1.61. The molecule has 1 aromatic heterocycles. The summed E-state index contributed by atoms with van der Waals surface area (Å²) < 4.78 is 28.4. The zero-order valence-corrected chi connectivity index (χ0v) is 13.3. The molecule has 1 saturated carbocycles. The molecule has 6 nitrogen and oxygen atoms in total. The maximum absolute atomic E-state index is 12.3. The van der Waals surface area contributed by atoms with Crippen molar-refractivity contribution >= 4 is 21.6 Å². The molecular formula is C12H20ClN3O3S. The minimum Gasteiger partial charge on any atom is -0.389 e. The van der Waals surface area contributed by atoms with Crippen LogP contribution in [-0.4, -0.2) is 35.5 Å². The van der Waals surface area contributed by atoms with Crippen molar-refractivity contribution in [1.82, 2.24) is 14.5 Å². The first-order valence-electron chi connectivity index (χ1n) is 6.66. The van der Waals surface area contributed by atoms with Gasteiger partial charge in [0, 0.05) is 13.6 Å². The molecule has 0 radical (unpaired) electrons. The number of rotatable bonds is 4. The van der Waals surface area contributed by atoms with Crippen LogP contribution in [0.5, 0.6) is 0 Å². The Balaban J connectivity index is 2.15. The van der Waals surface area contributed by atoms with E-state index in [4.69, 9.17) is 11.6 Å². The molecule has 1 aliphatic carbocycles. The summed E-state index contributed by atoms with van der Waals surface area (Å²) in [5.74, 6) is 0. The summed E-state index contributed by atoms with van der Waals surface area (Å²) >= 11 is 5.97. The van der Waals surface area contributed by atoms with Gasteiger partial charge in [0.15, 0.2) is 0 Å². The van der Waals surface area contributed by atoms with Gasteiger partial charge < -0.3 is 5.11 Å². The molecule has 20 heavy (non-hydrogen) atoms. The highest BCUT2D eigenvalue weighted by Gasteiger charge is 2.32. The zero-order valence-electron chi connectivity index (χ0n) is 11.7. The number of nitrogens with one attached hydrogen (secondary N) is 1. The van der Waals surface area contributed by atoms with E-state index in [1.165, 1.54) is 4.68 Å². The molecule has 1 fully saturated rings. The van der Waals surface area contributed by atoms with Crippen LogP contribution in [0.1, 0.15) is 37.8 Å². The van der Waals surface area contributed by atoms with E-state index in [9.17, 15) is 13.5 Å². The molecule has 0 unspecified atom stereocenters. The van der Waals surface area contributed by atoms with Crippen LogP contribution in [0.3, 0.4) is 0 Å². The van der Waals surface area contributed by atoms with Crippen LogP contribution in [0.4, 0.5) is 0 Å². The molecule has 114 valence electrons. The first kappa shape index (κ1) is 15.8.